The molecule has 0 unspecified atom stereocenters. The molecule has 0 aromatic carbocycles. The van der Waals surface area contributed by atoms with E-state index in [2.05, 4.69) is 15.5 Å². The minimum absolute atomic E-state index is 0.269. The van der Waals surface area contributed by atoms with Crippen LogP contribution in [0.1, 0.15) is 68.6 Å². The number of nitrogens with zero attached hydrogens (tertiary/aromatic N) is 2. The molecule has 1 aliphatic carbocycles. The van der Waals surface area contributed by atoms with Gasteiger partial charge in [0.05, 0.1) is 0 Å². The Hall–Kier alpha value is -1.59. The molecule has 1 saturated carbocycles. The quantitative estimate of drug-likeness (QED) is 0.889. The van der Waals surface area contributed by atoms with E-state index in [9.17, 15) is 4.79 Å². The summed E-state index contributed by atoms with van der Waals surface area (Å²) in [5.41, 5.74) is 0. The number of nitrogens with one attached hydrogen (secondary N) is 1. The largest absolute Gasteiger partial charge is 0.447 e. The number of aromatic nitrogens is 2. The lowest BCUT2D eigenvalue weighted by atomic mass is 9.91. The third-order valence-electron chi connectivity index (χ3n) is 3.90. The van der Waals surface area contributed by atoms with Crippen molar-refractivity contribution in [3.05, 3.63) is 11.7 Å². The second-order valence-electron chi connectivity index (χ2n) is 5.33. The lowest BCUT2D eigenvalue weighted by Gasteiger charge is -2.15. The van der Waals surface area contributed by atoms with E-state index >= 15 is 0 Å². The molecule has 1 aromatic heterocycles. The van der Waals surface area contributed by atoms with Gasteiger partial charge >= 0.3 is 6.09 Å². The van der Waals surface area contributed by atoms with Crippen LogP contribution in [0.15, 0.2) is 4.52 Å². The van der Waals surface area contributed by atoms with E-state index in [1.54, 1.807) is 0 Å². The van der Waals surface area contributed by atoms with E-state index in [4.69, 9.17) is 9.26 Å². The van der Waals surface area contributed by atoms with E-state index in [1.807, 2.05) is 0 Å². The van der Waals surface area contributed by atoms with Crippen molar-refractivity contribution in [1.82, 2.24) is 15.5 Å². The summed E-state index contributed by atoms with van der Waals surface area (Å²) < 4.78 is 10.1. The van der Waals surface area contributed by atoms with Crippen molar-refractivity contribution in [3.63, 3.8) is 0 Å². The summed E-state index contributed by atoms with van der Waals surface area (Å²) in [7, 11) is 0. The number of hydrogen-bond donors (Lipinski definition) is 1. The number of cyclic esters (lactones) is 1. The Labute approximate surface area is 111 Å². The van der Waals surface area contributed by atoms with Crippen LogP contribution in [0.5, 0.6) is 0 Å². The van der Waals surface area contributed by atoms with Crippen molar-refractivity contribution in [2.45, 2.75) is 56.9 Å². The fourth-order valence-corrected chi connectivity index (χ4v) is 2.79. The minimum Gasteiger partial charge on any atom is -0.447 e. The molecule has 1 aromatic rings. The molecule has 6 heteroatoms. The summed E-state index contributed by atoms with van der Waals surface area (Å²) >= 11 is 0. The molecule has 1 N–H and O–H groups in total. The van der Waals surface area contributed by atoms with Gasteiger partial charge in [0.1, 0.15) is 12.6 Å². The number of rotatable bonds is 2. The number of alkyl carbamates (subject to hydrolysis) is 1. The third kappa shape index (κ3) is 2.88. The van der Waals surface area contributed by atoms with E-state index < -0.39 is 6.09 Å². The second kappa shape index (κ2) is 5.59. The highest BCUT2D eigenvalue weighted by Crippen LogP contribution is 2.30. The van der Waals surface area contributed by atoms with Gasteiger partial charge in [0.2, 0.25) is 0 Å². The first-order valence-corrected chi connectivity index (χ1v) is 7.10. The predicted octanol–water partition coefficient (Wildman–Crippen LogP) is 2.68. The van der Waals surface area contributed by atoms with Crippen LogP contribution in [0.3, 0.4) is 0 Å². The first-order chi connectivity index (χ1) is 9.33. The maximum Gasteiger partial charge on any atom is 0.407 e. The average molecular weight is 265 g/mol. The Morgan fingerprint density at radius 1 is 1.11 bits per heavy atom. The van der Waals surface area contributed by atoms with Crippen molar-refractivity contribution in [3.8, 4) is 0 Å². The van der Waals surface area contributed by atoms with Crippen LogP contribution in [-0.4, -0.2) is 22.8 Å². The Bertz CT molecular complexity index is 438. The summed E-state index contributed by atoms with van der Waals surface area (Å²) in [6.07, 6.45) is 8.25. The first-order valence-electron chi connectivity index (χ1n) is 7.10. The highest BCUT2D eigenvalue weighted by atomic mass is 16.6. The van der Waals surface area contributed by atoms with Crippen LogP contribution < -0.4 is 5.32 Å². The maximum atomic E-state index is 11.0. The number of amides is 1. The van der Waals surface area contributed by atoms with Crippen LogP contribution in [0.2, 0.25) is 0 Å². The summed E-state index contributed by atoms with van der Waals surface area (Å²) in [5.74, 6) is 1.65. The molecular weight excluding hydrogens is 246 g/mol. The van der Waals surface area contributed by atoms with Crippen molar-refractivity contribution in [2.24, 2.45) is 0 Å². The van der Waals surface area contributed by atoms with Gasteiger partial charge < -0.3 is 14.6 Å². The number of carbonyl (C=O) groups is 1. The Morgan fingerprint density at radius 3 is 2.53 bits per heavy atom. The van der Waals surface area contributed by atoms with Crippen LogP contribution >= 0.6 is 0 Å². The molecule has 2 fully saturated rings. The van der Waals surface area contributed by atoms with Gasteiger partial charge in [-0.25, -0.2) is 4.79 Å². The summed E-state index contributed by atoms with van der Waals surface area (Å²) in [6.45, 7) is 0.269. The van der Waals surface area contributed by atoms with Gasteiger partial charge in [0, 0.05) is 5.92 Å². The Balaban J connectivity index is 1.67. The SMILES string of the molecule is O=C1N[C@@H](c2nc(C3CCCCCCC3)no2)CO1. The standard InChI is InChI=1S/C13H19N3O3/c17-13-14-10(8-18-13)12-15-11(16-19-12)9-6-4-2-1-3-5-7-9/h9-10H,1-8H2,(H,14,17)/t10-/m1/s1. The monoisotopic (exact) mass is 265 g/mol. The zero-order valence-corrected chi connectivity index (χ0v) is 10.9. The molecule has 19 heavy (non-hydrogen) atoms. The molecule has 0 spiro atoms. The van der Waals surface area contributed by atoms with Crippen LogP contribution in [0, 0.1) is 0 Å². The number of hydrogen-bond acceptors (Lipinski definition) is 5. The minimum atomic E-state index is -0.421. The molecule has 2 aliphatic rings. The molecule has 0 bridgehead atoms. The predicted molar refractivity (Wildman–Crippen MR) is 66.6 cm³/mol. The summed E-state index contributed by atoms with van der Waals surface area (Å²) in [4.78, 5) is 15.4. The molecule has 2 heterocycles. The van der Waals surface area contributed by atoms with Gasteiger partial charge in [0.25, 0.3) is 5.89 Å². The summed E-state index contributed by atoms with van der Waals surface area (Å²) in [6, 6.07) is -0.290. The number of ether oxygens (including phenoxy) is 1. The molecule has 1 aliphatic heterocycles. The molecule has 0 radical (unpaired) electrons. The maximum absolute atomic E-state index is 11.0. The molecule has 1 saturated heterocycles. The van der Waals surface area contributed by atoms with Crippen LogP contribution in [0.4, 0.5) is 4.79 Å². The molecule has 104 valence electrons. The first kappa shape index (κ1) is 12.4. The van der Waals surface area contributed by atoms with E-state index in [1.165, 1.54) is 32.1 Å². The third-order valence-corrected chi connectivity index (χ3v) is 3.90. The Kier molecular flexibility index (Phi) is 3.66. The topological polar surface area (TPSA) is 77.3 Å². The fraction of sp³-hybridized carbons (Fsp3) is 0.769. The average Bonchev–Trinajstić information content (AvgIpc) is 2.97. The molecule has 6 nitrogen and oxygen atoms in total. The van der Waals surface area contributed by atoms with Gasteiger partial charge in [-0.2, -0.15) is 4.98 Å². The smallest absolute Gasteiger partial charge is 0.407 e. The molecule has 3 rings (SSSR count). The van der Waals surface area contributed by atoms with E-state index in [-0.39, 0.29) is 12.6 Å². The fourth-order valence-electron chi connectivity index (χ4n) is 2.79. The molecule has 1 atom stereocenters. The normalized spacial score (nSPS) is 25.5. The van der Waals surface area contributed by atoms with Gasteiger partial charge in [-0.15, -0.1) is 0 Å². The molecular formula is C13H19N3O3. The second-order valence-corrected chi connectivity index (χ2v) is 5.33. The van der Waals surface area contributed by atoms with Crippen molar-refractivity contribution in [1.29, 1.82) is 0 Å². The van der Waals surface area contributed by atoms with Crippen molar-refractivity contribution >= 4 is 6.09 Å². The van der Waals surface area contributed by atoms with E-state index in [0.29, 0.717) is 11.8 Å². The Morgan fingerprint density at radius 2 is 1.84 bits per heavy atom. The summed E-state index contributed by atoms with van der Waals surface area (Å²) in [5, 5.41) is 6.74. The van der Waals surface area contributed by atoms with Crippen LogP contribution in [-0.2, 0) is 4.74 Å². The van der Waals surface area contributed by atoms with Crippen molar-refractivity contribution in [2.75, 3.05) is 6.61 Å². The van der Waals surface area contributed by atoms with Gasteiger partial charge in [-0.1, -0.05) is 37.3 Å². The van der Waals surface area contributed by atoms with Gasteiger partial charge in [-0.3, -0.25) is 0 Å². The van der Waals surface area contributed by atoms with E-state index in [0.717, 1.165) is 18.7 Å². The van der Waals surface area contributed by atoms with Gasteiger partial charge in [0.15, 0.2) is 5.82 Å². The highest BCUT2D eigenvalue weighted by Gasteiger charge is 2.30. The van der Waals surface area contributed by atoms with Crippen molar-refractivity contribution < 1.29 is 14.1 Å². The zero-order chi connectivity index (χ0) is 13.1. The number of carbonyl (C=O) groups excluding carboxylic acids is 1. The lowest BCUT2D eigenvalue weighted by molar-refractivity contribution is 0.176. The molecule has 1 amide bonds. The highest BCUT2D eigenvalue weighted by molar-refractivity contribution is 5.69. The van der Waals surface area contributed by atoms with Gasteiger partial charge in [-0.05, 0) is 12.8 Å². The zero-order valence-electron chi connectivity index (χ0n) is 10.9. The van der Waals surface area contributed by atoms with Crippen LogP contribution in [0.25, 0.3) is 0 Å². The lowest BCUT2D eigenvalue weighted by Crippen LogP contribution is -2.18.